The lowest BCUT2D eigenvalue weighted by Crippen LogP contribution is -2.44. The van der Waals surface area contributed by atoms with Crippen LogP contribution >= 0.6 is 0 Å². The molecule has 16 nitrogen and oxygen atoms in total. The molecule has 0 aliphatic carbocycles. The van der Waals surface area contributed by atoms with E-state index in [1.54, 1.807) is 18.5 Å². The van der Waals surface area contributed by atoms with Gasteiger partial charge in [0.1, 0.15) is 11.9 Å². The van der Waals surface area contributed by atoms with E-state index in [-0.39, 0.29) is 19.1 Å². The highest BCUT2D eigenvalue weighted by molar-refractivity contribution is 5.89. The Labute approximate surface area is 268 Å². The van der Waals surface area contributed by atoms with Gasteiger partial charge in [-0.3, -0.25) is 18.5 Å². The van der Waals surface area contributed by atoms with Crippen LogP contribution in [0.2, 0.25) is 0 Å². The molecule has 3 aromatic heterocycles. The van der Waals surface area contributed by atoms with Crippen LogP contribution in [0.3, 0.4) is 0 Å². The van der Waals surface area contributed by atoms with Crippen LogP contribution in [-0.2, 0) is 29.7 Å². The van der Waals surface area contributed by atoms with Gasteiger partial charge in [-0.05, 0) is 32.8 Å². The number of esters is 1. The van der Waals surface area contributed by atoms with Crippen molar-refractivity contribution in [3.63, 3.8) is 0 Å². The zero-order chi connectivity index (χ0) is 34.0. The zero-order valence-corrected chi connectivity index (χ0v) is 26.1. The lowest BCUT2D eigenvalue weighted by molar-refractivity contribution is -0.147. The van der Waals surface area contributed by atoms with Crippen molar-refractivity contribution in [2.45, 2.75) is 58.0 Å². The van der Waals surface area contributed by atoms with Crippen molar-refractivity contribution in [3.05, 3.63) is 68.1 Å². The number of carbonyl (C=O) groups excluding carboxylic acids is 1. The summed E-state index contributed by atoms with van der Waals surface area (Å²) in [6, 6.07) is 7.71. The molecule has 6 rings (SSSR count). The molecule has 2 aliphatic heterocycles. The second-order valence-electron chi connectivity index (χ2n) is 11.2. The predicted octanol–water partition coefficient (Wildman–Crippen LogP) is -0.260. The van der Waals surface area contributed by atoms with E-state index in [1.807, 2.05) is 31.2 Å². The number of cyclic esters (lactones) is 1. The van der Waals surface area contributed by atoms with Gasteiger partial charge in [-0.25, -0.2) is 19.6 Å². The standard InChI is InChI=1S/C25H28N8O2.C6H8O6/c1-4-5-13-32-21-22(29-24(32)31-12-8-9-17(26)14-31)30(3)25(35)33(23(21)34)15-20-27-16(2)18-10-6-7-11-19(18)28-20;7-1-2(8)5-3(9)4(10)6(11)12-5/h6-7,10-11,17H,8-9,12-15,26H2,1-3H3;2,5,7-10H,1H2/t17-;2-,5+/m10/s1. The van der Waals surface area contributed by atoms with Gasteiger partial charge in [-0.1, -0.05) is 24.1 Å². The monoisotopic (exact) mass is 648 g/mol. The zero-order valence-electron chi connectivity index (χ0n) is 26.1. The van der Waals surface area contributed by atoms with Gasteiger partial charge in [-0.15, -0.1) is 5.92 Å². The maximum absolute atomic E-state index is 13.7. The number of piperidine rings is 1. The summed E-state index contributed by atoms with van der Waals surface area (Å²) < 4.78 is 8.70. The molecule has 1 saturated heterocycles. The van der Waals surface area contributed by atoms with Crippen LogP contribution in [0.25, 0.3) is 22.1 Å². The Kier molecular flexibility index (Phi) is 9.61. The Morgan fingerprint density at radius 3 is 2.53 bits per heavy atom. The van der Waals surface area contributed by atoms with Crippen LogP contribution in [0, 0.1) is 18.8 Å². The van der Waals surface area contributed by atoms with E-state index >= 15 is 0 Å². The molecule has 4 aromatic rings. The number of carbonyl (C=O) groups is 1. The quantitative estimate of drug-likeness (QED) is 0.134. The number of para-hydroxylation sites is 1. The maximum Gasteiger partial charge on any atom is 0.377 e. The molecule has 0 spiro atoms. The molecule has 1 fully saturated rings. The summed E-state index contributed by atoms with van der Waals surface area (Å²) in [5.41, 5.74) is 7.54. The SMILES string of the molecule is CC#CCn1c(N2CCC[C@@H](N)C2)nc2c1c(=O)n(Cc1nc(C)c3ccccc3n1)c(=O)n2C.O=C1O[C@H]([C@@H](O)CO)C(O)=C1O. The number of aliphatic hydroxyl groups is 4. The Morgan fingerprint density at radius 1 is 1.13 bits per heavy atom. The molecule has 3 atom stereocenters. The van der Waals surface area contributed by atoms with Crippen LogP contribution in [0.15, 0.2) is 45.4 Å². The predicted molar refractivity (Wildman–Crippen MR) is 171 cm³/mol. The number of aromatic nitrogens is 6. The van der Waals surface area contributed by atoms with Gasteiger partial charge in [0.25, 0.3) is 5.56 Å². The molecule has 16 heteroatoms. The number of aryl methyl sites for hydroxylation is 2. The van der Waals surface area contributed by atoms with Crippen molar-refractivity contribution >= 4 is 34.0 Å². The van der Waals surface area contributed by atoms with E-state index in [1.165, 1.54) is 9.13 Å². The van der Waals surface area contributed by atoms with Crippen LogP contribution in [-0.4, -0.2) is 93.0 Å². The van der Waals surface area contributed by atoms with E-state index in [0.717, 1.165) is 36.0 Å². The highest BCUT2D eigenvalue weighted by atomic mass is 16.6. The minimum atomic E-state index is -1.42. The summed E-state index contributed by atoms with van der Waals surface area (Å²) in [6.45, 7) is 4.64. The van der Waals surface area contributed by atoms with Crippen LogP contribution in [0.1, 0.15) is 31.3 Å². The fourth-order valence-electron chi connectivity index (χ4n) is 5.57. The van der Waals surface area contributed by atoms with E-state index in [2.05, 4.69) is 31.4 Å². The third-order valence-corrected chi connectivity index (χ3v) is 7.98. The summed E-state index contributed by atoms with van der Waals surface area (Å²) in [5, 5.41) is 36.0. The lowest BCUT2D eigenvalue weighted by Gasteiger charge is -2.31. The van der Waals surface area contributed by atoms with Crippen molar-refractivity contribution in [3.8, 4) is 11.8 Å². The van der Waals surface area contributed by atoms with Crippen molar-refractivity contribution in [1.29, 1.82) is 0 Å². The van der Waals surface area contributed by atoms with E-state index in [9.17, 15) is 14.4 Å². The van der Waals surface area contributed by atoms with Gasteiger partial charge in [-0.2, -0.15) is 4.98 Å². The number of hydrogen-bond donors (Lipinski definition) is 5. The molecule has 6 N–H and O–H groups in total. The van der Waals surface area contributed by atoms with Crippen molar-refractivity contribution < 1.29 is 30.0 Å². The Balaban J connectivity index is 0.000000305. The molecule has 0 bridgehead atoms. The average molecular weight is 649 g/mol. The van der Waals surface area contributed by atoms with Gasteiger partial charge in [0, 0.05) is 37.3 Å². The molecule has 2 aliphatic rings. The number of aliphatic hydroxyl groups excluding tert-OH is 4. The van der Waals surface area contributed by atoms with Crippen LogP contribution < -0.4 is 21.9 Å². The molecule has 0 amide bonds. The number of anilines is 1. The third-order valence-electron chi connectivity index (χ3n) is 7.98. The number of imidazole rings is 1. The first-order valence-electron chi connectivity index (χ1n) is 14.9. The molecular weight excluding hydrogens is 612 g/mol. The minimum absolute atomic E-state index is 0.0306. The number of hydrogen-bond acceptors (Lipinski definition) is 13. The van der Waals surface area contributed by atoms with Crippen LogP contribution in [0.5, 0.6) is 0 Å². The first kappa shape index (κ1) is 33.1. The number of ether oxygens (including phenoxy) is 1. The molecular formula is C31H36N8O8. The third kappa shape index (κ3) is 6.41. The maximum atomic E-state index is 13.7. The van der Waals surface area contributed by atoms with Gasteiger partial charge < -0.3 is 35.8 Å². The van der Waals surface area contributed by atoms with Crippen molar-refractivity contribution in [2.24, 2.45) is 12.8 Å². The number of benzene rings is 1. The number of fused-ring (bicyclic) bond motifs is 2. The summed E-state index contributed by atoms with van der Waals surface area (Å²) >= 11 is 0. The fourth-order valence-corrected chi connectivity index (χ4v) is 5.57. The summed E-state index contributed by atoms with van der Waals surface area (Å²) in [6.07, 6.45) is -0.894. The Bertz CT molecular complexity index is 2050. The topological polar surface area (TPSA) is 224 Å². The number of nitrogens with two attached hydrogens (primary N) is 1. The molecule has 5 heterocycles. The number of rotatable bonds is 6. The number of nitrogens with zero attached hydrogens (tertiary/aromatic N) is 7. The fraction of sp³-hybridized carbons (Fsp3) is 0.419. The molecule has 47 heavy (non-hydrogen) atoms. The molecule has 1 aromatic carbocycles. The Hall–Kier alpha value is -5.24. The molecule has 0 unspecified atom stereocenters. The van der Waals surface area contributed by atoms with Gasteiger partial charge in [0.05, 0.1) is 25.2 Å². The largest absolute Gasteiger partial charge is 0.505 e. The summed E-state index contributed by atoms with van der Waals surface area (Å²) in [7, 11) is 1.63. The normalized spacial score (nSPS) is 18.5. The van der Waals surface area contributed by atoms with E-state index in [4.69, 9.17) is 31.1 Å². The van der Waals surface area contributed by atoms with E-state index in [0.29, 0.717) is 29.5 Å². The first-order chi connectivity index (χ1) is 22.5. The van der Waals surface area contributed by atoms with Crippen molar-refractivity contribution in [1.82, 2.24) is 28.7 Å². The summed E-state index contributed by atoms with van der Waals surface area (Å²) in [4.78, 5) is 53.5. The Morgan fingerprint density at radius 2 is 1.87 bits per heavy atom. The van der Waals surface area contributed by atoms with Crippen LogP contribution in [0.4, 0.5) is 5.95 Å². The molecule has 248 valence electrons. The first-order valence-corrected chi connectivity index (χ1v) is 14.9. The van der Waals surface area contributed by atoms with E-state index < -0.39 is 47.6 Å². The second kappa shape index (κ2) is 13.6. The minimum Gasteiger partial charge on any atom is -0.505 e. The van der Waals surface area contributed by atoms with Gasteiger partial charge in [0.2, 0.25) is 11.7 Å². The molecule has 0 saturated carbocycles. The highest BCUT2D eigenvalue weighted by Crippen LogP contribution is 2.23. The second-order valence-corrected chi connectivity index (χ2v) is 11.2. The smallest absolute Gasteiger partial charge is 0.377 e. The average Bonchev–Trinajstić information content (AvgIpc) is 3.57. The summed E-state index contributed by atoms with van der Waals surface area (Å²) in [5.74, 6) is 4.18. The van der Waals surface area contributed by atoms with Gasteiger partial charge in [0.15, 0.2) is 23.0 Å². The molecule has 0 radical (unpaired) electrons. The van der Waals surface area contributed by atoms with Crippen molar-refractivity contribution in [2.75, 3.05) is 24.6 Å². The highest BCUT2D eigenvalue weighted by Gasteiger charge is 2.38. The van der Waals surface area contributed by atoms with Gasteiger partial charge >= 0.3 is 11.7 Å². The lowest BCUT2D eigenvalue weighted by atomic mass is 10.1.